The summed E-state index contributed by atoms with van der Waals surface area (Å²) in [5.41, 5.74) is 1.21. The minimum Gasteiger partial charge on any atom is -0.462 e. The molecule has 0 atom stereocenters. The van der Waals surface area contributed by atoms with E-state index in [-0.39, 0.29) is 30.2 Å². The number of anilines is 2. The fraction of sp³-hybridized carbons (Fsp3) is 0.591. The van der Waals surface area contributed by atoms with Crippen LogP contribution < -0.4 is 9.80 Å². The molecule has 0 aromatic carbocycles. The van der Waals surface area contributed by atoms with E-state index >= 15 is 0 Å². The Hall–Kier alpha value is -2.70. The second-order valence-electron chi connectivity index (χ2n) is 8.39. The highest BCUT2D eigenvalue weighted by molar-refractivity contribution is 7.89. The van der Waals surface area contributed by atoms with Crippen molar-refractivity contribution in [3.8, 4) is 0 Å². The Labute approximate surface area is 200 Å². The number of morpholine rings is 1. The molecule has 2 aromatic rings. The van der Waals surface area contributed by atoms with Crippen LogP contribution in [0.3, 0.4) is 0 Å². The predicted octanol–water partition coefficient (Wildman–Crippen LogP) is 0.956. The van der Waals surface area contributed by atoms with Crippen molar-refractivity contribution in [3.05, 3.63) is 29.1 Å². The number of carbonyl (C=O) groups excluding carboxylic acids is 1. The molecule has 12 heteroatoms. The van der Waals surface area contributed by atoms with Gasteiger partial charge < -0.3 is 23.8 Å². The van der Waals surface area contributed by atoms with Gasteiger partial charge in [-0.05, 0) is 32.9 Å². The van der Waals surface area contributed by atoms with Crippen LogP contribution in [0.4, 0.5) is 11.6 Å². The van der Waals surface area contributed by atoms with E-state index in [1.165, 1.54) is 4.31 Å². The molecule has 0 aliphatic carbocycles. The molecule has 2 aliphatic heterocycles. The molecule has 2 aliphatic rings. The number of hydrogen-bond acceptors (Lipinski definition) is 9. The molecule has 0 unspecified atom stereocenters. The first kappa shape index (κ1) is 24.4. The van der Waals surface area contributed by atoms with Gasteiger partial charge in [-0.25, -0.2) is 13.2 Å². The van der Waals surface area contributed by atoms with Crippen molar-refractivity contribution in [1.82, 2.24) is 19.1 Å². The van der Waals surface area contributed by atoms with Crippen molar-refractivity contribution in [3.63, 3.8) is 0 Å². The Balaban J connectivity index is 1.49. The zero-order valence-corrected chi connectivity index (χ0v) is 21.0. The molecule has 0 N–H and O–H groups in total. The fourth-order valence-corrected chi connectivity index (χ4v) is 6.31. The highest BCUT2D eigenvalue weighted by atomic mass is 32.2. The lowest BCUT2D eigenvalue weighted by Crippen LogP contribution is -2.49. The largest absolute Gasteiger partial charge is 0.462 e. The first-order valence-electron chi connectivity index (χ1n) is 11.5. The molecular weight excluding hydrogens is 460 g/mol. The first-order valence-corrected chi connectivity index (χ1v) is 12.9. The molecule has 4 rings (SSSR count). The molecule has 0 amide bonds. The summed E-state index contributed by atoms with van der Waals surface area (Å²) in [6.07, 6.45) is 0. The third kappa shape index (κ3) is 4.49. The lowest BCUT2D eigenvalue weighted by atomic mass is 10.2. The van der Waals surface area contributed by atoms with Crippen LogP contribution in [0, 0.1) is 13.8 Å². The molecule has 2 aromatic heterocycles. The molecule has 4 heterocycles. The maximum Gasteiger partial charge on any atom is 0.341 e. The average Bonchev–Trinajstić information content (AvgIpc) is 3.09. The zero-order chi connectivity index (χ0) is 24.5. The molecular formula is C22H32N6O5S. The van der Waals surface area contributed by atoms with Gasteiger partial charge >= 0.3 is 5.97 Å². The van der Waals surface area contributed by atoms with Crippen molar-refractivity contribution in [2.45, 2.75) is 25.7 Å². The van der Waals surface area contributed by atoms with Crippen LogP contribution >= 0.6 is 0 Å². The van der Waals surface area contributed by atoms with Gasteiger partial charge in [-0.15, -0.1) is 10.2 Å². The SMILES string of the molecule is CCOC(=O)c1c(S(=O)(=O)N2CCN(c3ccc(N4CCOCC4)nn3)CC2)c(C)n(C)c1C. The smallest absolute Gasteiger partial charge is 0.341 e. The third-order valence-corrected chi connectivity index (χ3v) is 8.60. The maximum atomic E-state index is 13.6. The molecule has 2 fully saturated rings. The van der Waals surface area contributed by atoms with Crippen molar-refractivity contribution in [2.24, 2.45) is 7.05 Å². The summed E-state index contributed by atoms with van der Waals surface area (Å²) in [6.45, 7) is 9.77. The minimum absolute atomic E-state index is 0.0362. The van der Waals surface area contributed by atoms with Gasteiger partial charge in [0.15, 0.2) is 11.6 Å². The van der Waals surface area contributed by atoms with Crippen molar-refractivity contribution in [2.75, 3.05) is 68.9 Å². The number of ether oxygens (including phenoxy) is 2. The molecule has 2 saturated heterocycles. The van der Waals surface area contributed by atoms with Crippen molar-refractivity contribution >= 4 is 27.6 Å². The zero-order valence-electron chi connectivity index (χ0n) is 20.2. The summed E-state index contributed by atoms with van der Waals surface area (Å²) in [5.74, 6) is 0.916. The summed E-state index contributed by atoms with van der Waals surface area (Å²) in [6, 6.07) is 3.87. The van der Waals surface area contributed by atoms with E-state index in [9.17, 15) is 13.2 Å². The van der Waals surface area contributed by atoms with Crippen LogP contribution in [0.2, 0.25) is 0 Å². The molecule has 0 spiro atoms. The summed E-state index contributed by atoms with van der Waals surface area (Å²) in [4.78, 5) is 16.8. The summed E-state index contributed by atoms with van der Waals surface area (Å²) in [7, 11) is -2.13. The number of rotatable bonds is 6. The number of esters is 1. The normalized spacial score (nSPS) is 17.8. The van der Waals surface area contributed by atoms with Gasteiger partial charge in [-0.2, -0.15) is 4.31 Å². The Bertz CT molecular complexity index is 1130. The Morgan fingerprint density at radius 3 is 2.06 bits per heavy atom. The third-order valence-electron chi connectivity index (χ3n) is 6.54. The number of piperazine rings is 1. The van der Waals surface area contributed by atoms with Crippen LogP contribution in [-0.4, -0.2) is 92.5 Å². The molecule has 0 saturated carbocycles. The highest BCUT2D eigenvalue weighted by Gasteiger charge is 2.37. The molecule has 11 nitrogen and oxygen atoms in total. The van der Waals surface area contributed by atoms with Crippen LogP contribution in [-0.2, 0) is 26.5 Å². The number of hydrogen-bond donors (Lipinski definition) is 0. The van der Waals surface area contributed by atoms with E-state index in [0.29, 0.717) is 43.5 Å². The second-order valence-corrected chi connectivity index (χ2v) is 10.3. The number of sulfonamides is 1. The van der Waals surface area contributed by atoms with Gasteiger partial charge in [0.25, 0.3) is 0 Å². The Morgan fingerprint density at radius 1 is 0.971 bits per heavy atom. The monoisotopic (exact) mass is 492 g/mol. The lowest BCUT2D eigenvalue weighted by molar-refractivity contribution is 0.0521. The number of carbonyl (C=O) groups is 1. The van der Waals surface area contributed by atoms with Gasteiger partial charge in [0, 0.05) is 57.7 Å². The fourth-order valence-electron chi connectivity index (χ4n) is 4.41. The van der Waals surface area contributed by atoms with Gasteiger partial charge in [-0.1, -0.05) is 0 Å². The molecule has 186 valence electrons. The van der Waals surface area contributed by atoms with Crippen molar-refractivity contribution in [1.29, 1.82) is 0 Å². The molecule has 0 bridgehead atoms. The van der Waals surface area contributed by atoms with E-state index in [1.807, 2.05) is 17.0 Å². The van der Waals surface area contributed by atoms with Gasteiger partial charge in [0.1, 0.15) is 10.5 Å². The van der Waals surface area contributed by atoms with Crippen molar-refractivity contribution < 1.29 is 22.7 Å². The highest BCUT2D eigenvalue weighted by Crippen LogP contribution is 2.30. The van der Waals surface area contributed by atoms with Crippen LogP contribution in [0.5, 0.6) is 0 Å². The van der Waals surface area contributed by atoms with Crippen LogP contribution in [0.15, 0.2) is 17.0 Å². The van der Waals surface area contributed by atoms with Gasteiger partial charge in [0.05, 0.1) is 19.8 Å². The van der Waals surface area contributed by atoms with E-state index in [0.717, 1.165) is 18.9 Å². The van der Waals surface area contributed by atoms with E-state index in [2.05, 4.69) is 15.1 Å². The number of nitrogens with zero attached hydrogens (tertiary/aromatic N) is 6. The van der Waals surface area contributed by atoms with Gasteiger partial charge in [-0.3, -0.25) is 0 Å². The quantitative estimate of drug-likeness (QED) is 0.545. The molecule has 0 radical (unpaired) electrons. The van der Waals surface area contributed by atoms with Gasteiger partial charge in [0.2, 0.25) is 10.0 Å². The van der Waals surface area contributed by atoms with Crippen LogP contribution in [0.1, 0.15) is 28.7 Å². The topological polar surface area (TPSA) is 110 Å². The standard InChI is InChI=1S/C22H32N6O5S/c1-5-33-22(29)20-16(2)25(4)17(3)21(20)34(30,31)28-10-8-26(9-11-28)18-6-7-19(24-23-18)27-12-14-32-15-13-27/h6-7H,5,8-15H2,1-4H3. The van der Waals surface area contributed by atoms with E-state index < -0.39 is 16.0 Å². The minimum atomic E-state index is -3.88. The summed E-state index contributed by atoms with van der Waals surface area (Å²) in [5, 5.41) is 8.73. The first-order chi connectivity index (χ1) is 16.3. The Morgan fingerprint density at radius 2 is 1.53 bits per heavy atom. The molecule has 34 heavy (non-hydrogen) atoms. The van der Waals surface area contributed by atoms with E-state index in [1.54, 1.807) is 32.4 Å². The predicted molar refractivity (Wildman–Crippen MR) is 127 cm³/mol. The second kappa shape index (κ2) is 9.88. The summed E-state index contributed by atoms with van der Waals surface area (Å²) >= 11 is 0. The number of aromatic nitrogens is 3. The average molecular weight is 493 g/mol. The maximum absolute atomic E-state index is 13.6. The summed E-state index contributed by atoms with van der Waals surface area (Å²) < 4.78 is 40.9. The van der Waals surface area contributed by atoms with E-state index in [4.69, 9.17) is 9.47 Å². The lowest BCUT2D eigenvalue weighted by Gasteiger charge is -2.34. The Kier molecular flexibility index (Phi) is 7.10. The van der Waals surface area contributed by atoms with Crippen LogP contribution in [0.25, 0.3) is 0 Å².